The molecule has 0 bridgehead atoms. The van der Waals surface area contributed by atoms with Crippen LogP contribution in [0.4, 0.5) is 0 Å². The second-order valence-electron chi connectivity index (χ2n) is 4.63. The van der Waals surface area contributed by atoms with Crippen LogP contribution in [-0.4, -0.2) is 16.1 Å². The first-order valence-electron chi connectivity index (χ1n) is 6.76. The van der Waals surface area contributed by atoms with Crippen LogP contribution in [0, 0.1) is 0 Å². The molecule has 0 aliphatic carbocycles. The molecule has 0 amide bonds. The molecule has 21 heavy (non-hydrogen) atoms. The van der Waals surface area contributed by atoms with Gasteiger partial charge in [-0.05, 0) is 36.6 Å². The van der Waals surface area contributed by atoms with Gasteiger partial charge in [-0.3, -0.25) is 0 Å². The van der Waals surface area contributed by atoms with Crippen LogP contribution >= 0.6 is 11.6 Å². The molecule has 0 atom stereocenters. The van der Waals surface area contributed by atoms with E-state index >= 15 is 0 Å². The molecule has 0 saturated carbocycles. The fourth-order valence-corrected chi connectivity index (χ4v) is 2.04. The molecule has 0 spiro atoms. The zero-order valence-electron chi connectivity index (χ0n) is 11.7. The minimum atomic E-state index is -1.18. The number of carbonyl (C=O) groups is 1. The number of aromatic nitrogens is 1. The smallest absolute Gasteiger partial charge is 0.356 e. The molecule has 0 aliphatic rings. The third-order valence-electron chi connectivity index (χ3n) is 2.99. The second-order valence-corrected chi connectivity index (χ2v) is 5.04. The van der Waals surface area contributed by atoms with Crippen molar-refractivity contribution in [3.63, 3.8) is 0 Å². The molecule has 0 fully saturated rings. The SMILES string of the molecule is CCCCc1ccc(Oc2ccc(Cl)c(C(=O)O)n2)cc1. The number of nitrogens with zero attached hydrogens (tertiary/aromatic N) is 1. The van der Waals surface area contributed by atoms with E-state index in [9.17, 15) is 4.79 Å². The largest absolute Gasteiger partial charge is 0.476 e. The van der Waals surface area contributed by atoms with E-state index in [1.165, 1.54) is 11.6 Å². The van der Waals surface area contributed by atoms with Crippen molar-refractivity contribution in [2.45, 2.75) is 26.2 Å². The van der Waals surface area contributed by atoms with Crippen molar-refractivity contribution in [1.82, 2.24) is 4.98 Å². The Kier molecular flexibility index (Phi) is 5.17. The van der Waals surface area contributed by atoms with Gasteiger partial charge in [0.05, 0.1) is 5.02 Å². The molecule has 2 rings (SSSR count). The number of carboxylic acids is 1. The highest BCUT2D eigenvalue weighted by Gasteiger charge is 2.12. The fourth-order valence-electron chi connectivity index (χ4n) is 1.86. The summed E-state index contributed by atoms with van der Waals surface area (Å²) in [5, 5.41) is 9.06. The number of aromatic carboxylic acids is 1. The summed E-state index contributed by atoms with van der Waals surface area (Å²) < 4.78 is 5.55. The Morgan fingerprint density at radius 3 is 2.57 bits per heavy atom. The Bertz CT molecular complexity index is 626. The highest BCUT2D eigenvalue weighted by molar-refractivity contribution is 6.33. The number of unbranched alkanes of at least 4 members (excludes halogenated alkanes) is 1. The zero-order valence-corrected chi connectivity index (χ0v) is 12.4. The average Bonchev–Trinajstić information content (AvgIpc) is 2.48. The third kappa shape index (κ3) is 4.20. The van der Waals surface area contributed by atoms with Gasteiger partial charge in [0, 0.05) is 6.07 Å². The lowest BCUT2D eigenvalue weighted by atomic mass is 10.1. The summed E-state index contributed by atoms with van der Waals surface area (Å²) >= 11 is 5.76. The number of aryl methyl sites for hydroxylation is 1. The lowest BCUT2D eigenvalue weighted by Gasteiger charge is -2.07. The first-order valence-corrected chi connectivity index (χ1v) is 7.14. The first kappa shape index (κ1) is 15.3. The summed E-state index contributed by atoms with van der Waals surface area (Å²) in [6.07, 6.45) is 3.35. The second kappa shape index (κ2) is 7.09. The first-order chi connectivity index (χ1) is 10.1. The zero-order chi connectivity index (χ0) is 15.2. The number of benzene rings is 1. The minimum absolute atomic E-state index is 0.0877. The van der Waals surface area contributed by atoms with Crippen LogP contribution in [0.3, 0.4) is 0 Å². The van der Waals surface area contributed by atoms with Gasteiger partial charge in [-0.15, -0.1) is 0 Å². The maximum absolute atomic E-state index is 11.0. The van der Waals surface area contributed by atoms with Gasteiger partial charge < -0.3 is 9.84 Å². The Morgan fingerprint density at radius 1 is 1.24 bits per heavy atom. The van der Waals surface area contributed by atoms with E-state index in [-0.39, 0.29) is 16.6 Å². The topological polar surface area (TPSA) is 59.4 Å². The van der Waals surface area contributed by atoms with E-state index in [1.54, 1.807) is 6.07 Å². The van der Waals surface area contributed by atoms with Crippen molar-refractivity contribution in [2.24, 2.45) is 0 Å². The van der Waals surface area contributed by atoms with Gasteiger partial charge in [0.2, 0.25) is 5.88 Å². The summed E-state index contributed by atoms with van der Waals surface area (Å²) in [6.45, 7) is 2.16. The van der Waals surface area contributed by atoms with E-state index < -0.39 is 5.97 Å². The summed E-state index contributed by atoms with van der Waals surface area (Å²) in [5.41, 5.74) is 1.04. The van der Waals surface area contributed by atoms with Crippen LogP contribution in [0.1, 0.15) is 35.8 Å². The molecule has 110 valence electrons. The maximum Gasteiger partial charge on any atom is 0.356 e. The molecular weight excluding hydrogens is 290 g/mol. The van der Waals surface area contributed by atoms with Crippen molar-refractivity contribution >= 4 is 17.6 Å². The Hall–Kier alpha value is -2.07. The molecule has 1 heterocycles. The lowest BCUT2D eigenvalue weighted by molar-refractivity contribution is 0.0690. The number of hydrogen-bond acceptors (Lipinski definition) is 3. The number of ether oxygens (including phenoxy) is 1. The normalized spacial score (nSPS) is 10.4. The number of pyridine rings is 1. The van der Waals surface area contributed by atoms with Gasteiger partial charge in [-0.25, -0.2) is 9.78 Å². The van der Waals surface area contributed by atoms with Crippen LogP contribution in [0.2, 0.25) is 5.02 Å². The molecule has 0 saturated heterocycles. The maximum atomic E-state index is 11.0. The number of rotatable bonds is 6. The summed E-state index contributed by atoms with van der Waals surface area (Å²) in [6, 6.07) is 10.7. The van der Waals surface area contributed by atoms with Crippen molar-refractivity contribution < 1.29 is 14.6 Å². The molecule has 1 aromatic carbocycles. The van der Waals surface area contributed by atoms with Crippen LogP contribution in [-0.2, 0) is 6.42 Å². The number of hydrogen-bond donors (Lipinski definition) is 1. The van der Waals surface area contributed by atoms with Gasteiger partial charge in [0.15, 0.2) is 5.69 Å². The van der Waals surface area contributed by atoms with E-state index in [4.69, 9.17) is 21.4 Å². The van der Waals surface area contributed by atoms with Crippen molar-refractivity contribution in [1.29, 1.82) is 0 Å². The number of carboxylic acid groups (broad SMARTS) is 1. The van der Waals surface area contributed by atoms with Gasteiger partial charge >= 0.3 is 5.97 Å². The monoisotopic (exact) mass is 305 g/mol. The Balaban J connectivity index is 2.11. The van der Waals surface area contributed by atoms with Gasteiger partial charge in [0.25, 0.3) is 0 Å². The summed E-state index contributed by atoms with van der Waals surface area (Å²) in [7, 11) is 0. The molecule has 0 radical (unpaired) electrons. The molecule has 4 nitrogen and oxygen atoms in total. The quantitative estimate of drug-likeness (QED) is 0.849. The van der Waals surface area contributed by atoms with Crippen molar-refractivity contribution in [2.75, 3.05) is 0 Å². The molecule has 2 aromatic rings. The standard InChI is InChI=1S/C16H16ClNO3/c1-2-3-4-11-5-7-12(8-6-11)21-14-10-9-13(17)15(18-14)16(19)20/h5-10H,2-4H2,1H3,(H,19,20). The molecule has 5 heteroatoms. The van der Waals surface area contributed by atoms with E-state index in [1.807, 2.05) is 24.3 Å². The van der Waals surface area contributed by atoms with Gasteiger partial charge in [0.1, 0.15) is 5.75 Å². The van der Waals surface area contributed by atoms with Crippen LogP contribution < -0.4 is 4.74 Å². The Labute approximate surface area is 128 Å². The predicted octanol–water partition coefficient (Wildman–Crippen LogP) is 4.57. The lowest BCUT2D eigenvalue weighted by Crippen LogP contribution is -2.02. The highest BCUT2D eigenvalue weighted by atomic mass is 35.5. The van der Waals surface area contributed by atoms with Crippen molar-refractivity contribution in [3.8, 4) is 11.6 Å². The van der Waals surface area contributed by atoms with E-state index in [0.717, 1.165) is 19.3 Å². The minimum Gasteiger partial charge on any atom is -0.476 e. The van der Waals surface area contributed by atoms with Gasteiger partial charge in [-0.1, -0.05) is 37.1 Å². The van der Waals surface area contributed by atoms with Crippen molar-refractivity contribution in [3.05, 3.63) is 52.7 Å². The van der Waals surface area contributed by atoms with Crippen LogP contribution in [0.15, 0.2) is 36.4 Å². The third-order valence-corrected chi connectivity index (χ3v) is 3.29. The van der Waals surface area contributed by atoms with E-state index in [2.05, 4.69) is 11.9 Å². The summed E-state index contributed by atoms with van der Waals surface area (Å²) in [5.74, 6) is -0.361. The van der Waals surface area contributed by atoms with Crippen LogP contribution in [0.5, 0.6) is 11.6 Å². The molecule has 1 N–H and O–H groups in total. The molecule has 0 unspecified atom stereocenters. The Morgan fingerprint density at radius 2 is 1.95 bits per heavy atom. The number of halogens is 1. The highest BCUT2D eigenvalue weighted by Crippen LogP contribution is 2.23. The van der Waals surface area contributed by atoms with Crippen LogP contribution in [0.25, 0.3) is 0 Å². The fraction of sp³-hybridized carbons (Fsp3) is 0.250. The predicted molar refractivity (Wildman–Crippen MR) is 81.3 cm³/mol. The molecule has 1 aromatic heterocycles. The summed E-state index contributed by atoms with van der Waals surface area (Å²) in [4.78, 5) is 14.9. The molecule has 0 aliphatic heterocycles. The van der Waals surface area contributed by atoms with Gasteiger partial charge in [-0.2, -0.15) is 0 Å². The molecular formula is C16H16ClNO3. The van der Waals surface area contributed by atoms with E-state index in [0.29, 0.717) is 5.75 Å². The average molecular weight is 306 g/mol.